The van der Waals surface area contributed by atoms with Crippen LogP contribution < -0.4 is 9.47 Å². The van der Waals surface area contributed by atoms with Crippen molar-refractivity contribution in [1.82, 2.24) is 0 Å². The molecule has 1 unspecified atom stereocenters. The Morgan fingerprint density at radius 1 is 1.45 bits per heavy atom. The molecule has 1 aliphatic rings. The third-order valence-electron chi connectivity index (χ3n) is 3.27. The van der Waals surface area contributed by atoms with Gasteiger partial charge in [0.25, 0.3) is 0 Å². The third kappa shape index (κ3) is 4.34. The Kier molecular flexibility index (Phi) is 5.59. The van der Waals surface area contributed by atoms with Crippen LogP contribution in [0.25, 0.3) is 0 Å². The van der Waals surface area contributed by atoms with E-state index in [0.29, 0.717) is 6.42 Å². The Morgan fingerprint density at radius 3 is 2.95 bits per heavy atom. The number of ether oxygens (including phenoxy) is 2. The number of thioether (sulfide) groups is 1. The second kappa shape index (κ2) is 7.43. The first-order chi connectivity index (χ1) is 9.69. The molecule has 0 amide bonds. The van der Waals surface area contributed by atoms with Gasteiger partial charge in [0.2, 0.25) is 0 Å². The maximum atomic E-state index is 10.5. The molecule has 0 spiro atoms. The van der Waals surface area contributed by atoms with Gasteiger partial charge in [-0.15, -0.1) is 0 Å². The number of carboxylic acids is 1. The lowest BCUT2D eigenvalue weighted by Crippen LogP contribution is -2.15. The van der Waals surface area contributed by atoms with E-state index >= 15 is 0 Å². The van der Waals surface area contributed by atoms with Gasteiger partial charge in [-0.25, -0.2) is 0 Å². The van der Waals surface area contributed by atoms with E-state index in [4.69, 9.17) is 14.6 Å². The maximum Gasteiger partial charge on any atom is 0.303 e. The van der Waals surface area contributed by atoms with Gasteiger partial charge in [-0.2, -0.15) is 11.8 Å². The molecule has 0 bridgehead atoms. The number of rotatable bonds is 7. The number of carbonyl (C=O) groups is 1. The van der Waals surface area contributed by atoms with Gasteiger partial charge < -0.3 is 14.6 Å². The zero-order chi connectivity index (χ0) is 14.4. The predicted molar refractivity (Wildman–Crippen MR) is 79.9 cm³/mol. The van der Waals surface area contributed by atoms with Crippen molar-refractivity contribution in [2.75, 3.05) is 18.6 Å². The van der Waals surface area contributed by atoms with E-state index in [2.05, 4.69) is 0 Å². The molecule has 1 aromatic rings. The van der Waals surface area contributed by atoms with Crippen molar-refractivity contribution in [2.24, 2.45) is 0 Å². The molecular formula is C15H20O4S. The summed E-state index contributed by atoms with van der Waals surface area (Å²) in [5.41, 5.74) is 1.08. The average Bonchev–Trinajstić information content (AvgIpc) is 2.93. The molecule has 0 aromatic heterocycles. The normalized spacial score (nSPS) is 17.9. The minimum atomic E-state index is -0.754. The highest BCUT2D eigenvalue weighted by Crippen LogP contribution is 2.32. The van der Waals surface area contributed by atoms with Gasteiger partial charge in [0.05, 0.1) is 7.11 Å². The number of hydrogen-bond donors (Lipinski definition) is 1. The Morgan fingerprint density at radius 2 is 2.30 bits per heavy atom. The largest absolute Gasteiger partial charge is 0.493 e. The summed E-state index contributed by atoms with van der Waals surface area (Å²) in [6.07, 6.45) is 2.92. The SMILES string of the molecule is COc1cc(CCCC(=O)O)ccc1OC1CCSC1. The Hall–Kier alpha value is -1.36. The Bertz CT molecular complexity index is 455. The van der Waals surface area contributed by atoms with Crippen molar-refractivity contribution in [2.45, 2.75) is 31.8 Å². The van der Waals surface area contributed by atoms with Gasteiger partial charge in [-0.3, -0.25) is 4.79 Å². The Labute approximate surface area is 123 Å². The molecule has 1 atom stereocenters. The second-order valence-electron chi connectivity index (χ2n) is 4.84. The van der Waals surface area contributed by atoms with E-state index in [1.54, 1.807) is 7.11 Å². The molecular weight excluding hydrogens is 276 g/mol. The van der Waals surface area contributed by atoms with E-state index in [-0.39, 0.29) is 12.5 Å². The van der Waals surface area contributed by atoms with Crippen molar-refractivity contribution in [3.63, 3.8) is 0 Å². The maximum absolute atomic E-state index is 10.5. The average molecular weight is 296 g/mol. The highest BCUT2D eigenvalue weighted by molar-refractivity contribution is 7.99. The van der Waals surface area contributed by atoms with Crippen molar-refractivity contribution in [3.8, 4) is 11.5 Å². The second-order valence-corrected chi connectivity index (χ2v) is 5.99. The third-order valence-corrected chi connectivity index (χ3v) is 4.40. The molecule has 2 rings (SSSR count). The summed E-state index contributed by atoms with van der Waals surface area (Å²) in [5, 5.41) is 8.65. The number of methoxy groups -OCH3 is 1. The van der Waals surface area contributed by atoms with Gasteiger partial charge in [-0.1, -0.05) is 6.07 Å². The fraction of sp³-hybridized carbons (Fsp3) is 0.533. The van der Waals surface area contributed by atoms with Crippen molar-refractivity contribution < 1.29 is 19.4 Å². The van der Waals surface area contributed by atoms with Crippen LogP contribution >= 0.6 is 11.8 Å². The summed E-state index contributed by atoms with van der Waals surface area (Å²) in [5.74, 6) is 2.94. The molecule has 1 aliphatic heterocycles. The van der Waals surface area contributed by atoms with Crippen LogP contribution in [0.1, 0.15) is 24.8 Å². The first-order valence-corrected chi connectivity index (χ1v) is 7.97. The van der Waals surface area contributed by atoms with E-state index < -0.39 is 5.97 Å². The molecule has 110 valence electrons. The standard InChI is InChI=1S/C15H20O4S/c1-18-14-9-11(3-2-4-15(16)17)5-6-13(14)19-12-7-8-20-10-12/h5-6,9,12H,2-4,7-8,10H2,1H3,(H,16,17). The molecule has 1 aromatic carbocycles. The van der Waals surface area contributed by atoms with Gasteiger partial charge >= 0.3 is 5.97 Å². The van der Waals surface area contributed by atoms with Crippen LogP contribution in [0.15, 0.2) is 18.2 Å². The fourth-order valence-corrected chi connectivity index (χ4v) is 3.29. The van der Waals surface area contributed by atoms with Crippen LogP contribution in [0.5, 0.6) is 11.5 Å². The van der Waals surface area contributed by atoms with Crippen LogP contribution in [0.2, 0.25) is 0 Å². The quantitative estimate of drug-likeness (QED) is 0.838. The molecule has 0 saturated carbocycles. The predicted octanol–water partition coefficient (Wildman–Crippen LogP) is 2.99. The molecule has 5 heteroatoms. The molecule has 20 heavy (non-hydrogen) atoms. The van der Waals surface area contributed by atoms with Crippen LogP contribution in [0.3, 0.4) is 0 Å². The van der Waals surface area contributed by atoms with Crippen molar-refractivity contribution >= 4 is 17.7 Å². The van der Waals surface area contributed by atoms with Crippen LogP contribution in [-0.4, -0.2) is 35.8 Å². The zero-order valence-corrected chi connectivity index (χ0v) is 12.4. The lowest BCUT2D eigenvalue weighted by Gasteiger charge is -2.16. The molecule has 0 radical (unpaired) electrons. The van der Waals surface area contributed by atoms with Crippen LogP contribution in [0, 0.1) is 0 Å². The smallest absolute Gasteiger partial charge is 0.303 e. The van der Waals surface area contributed by atoms with Crippen LogP contribution in [-0.2, 0) is 11.2 Å². The number of hydrogen-bond acceptors (Lipinski definition) is 4. The molecule has 4 nitrogen and oxygen atoms in total. The Balaban J connectivity index is 1.97. The minimum absolute atomic E-state index is 0.194. The number of aryl methyl sites for hydroxylation is 1. The summed E-state index contributed by atoms with van der Waals surface area (Å²) in [4.78, 5) is 10.5. The molecule has 1 N–H and O–H groups in total. The van der Waals surface area contributed by atoms with Crippen molar-refractivity contribution in [3.05, 3.63) is 23.8 Å². The van der Waals surface area contributed by atoms with E-state index in [9.17, 15) is 4.79 Å². The molecule has 1 saturated heterocycles. The fourth-order valence-electron chi connectivity index (χ4n) is 2.19. The number of aliphatic carboxylic acids is 1. The van der Waals surface area contributed by atoms with E-state index in [1.807, 2.05) is 30.0 Å². The van der Waals surface area contributed by atoms with E-state index in [1.165, 1.54) is 0 Å². The van der Waals surface area contributed by atoms with Gasteiger partial charge in [0.1, 0.15) is 6.10 Å². The first-order valence-electron chi connectivity index (χ1n) is 6.82. The van der Waals surface area contributed by atoms with Gasteiger partial charge in [0.15, 0.2) is 11.5 Å². The lowest BCUT2D eigenvalue weighted by atomic mass is 10.1. The topological polar surface area (TPSA) is 55.8 Å². The summed E-state index contributed by atoms with van der Waals surface area (Å²) < 4.78 is 11.3. The highest BCUT2D eigenvalue weighted by atomic mass is 32.2. The van der Waals surface area contributed by atoms with Crippen LogP contribution in [0.4, 0.5) is 0 Å². The molecule has 1 fully saturated rings. The summed E-state index contributed by atoms with van der Waals surface area (Å²) in [6.45, 7) is 0. The first kappa shape index (κ1) is 15.0. The lowest BCUT2D eigenvalue weighted by molar-refractivity contribution is -0.137. The highest BCUT2D eigenvalue weighted by Gasteiger charge is 2.18. The summed E-state index contributed by atoms with van der Waals surface area (Å²) >= 11 is 1.91. The monoisotopic (exact) mass is 296 g/mol. The van der Waals surface area contributed by atoms with Crippen molar-refractivity contribution in [1.29, 1.82) is 0 Å². The van der Waals surface area contributed by atoms with E-state index in [0.717, 1.165) is 41.4 Å². The number of benzene rings is 1. The summed E-state index contributed by atoms with van der Waals surface area (Å²) in [6, 6.07) is 5.86. The molecule has 0 aliphatic carbocycles. The summed E-state index contributed by atoms with van der Waals surface area (Å²) in [7, 11) is 1.63. The van der Waals surface area contributed by atoms with Gasteiger partial charge in [-0.05, 0) is 42.7 Å². The minimum Gasteiger partial charge on any atom is -0.493 e. The zero-order valence-electron chi connectivity index (χ0n) is 11.6. The van der Waals surface area contributed by atoms with Gasteiger partial charge in [0, 0.05) is 12.2 Å². The number of carboxylic acid groups (broad SMARTS) is 1. The molecule has 1 heterocycles.